The number of benzene rings is 1. The van der Waals surface area contributed by atoms with Gasteiger partial charge in [0, 0.05) is 0 Å². The molecule has 0 aliphatic carbocycles. The molecule has 2 N–H and O–H groups in total. The van der Waals surface area contributed by atoms with Crippen molar-refractivity contribution in [3.05, 3.63) is 34.6 Å². The van der Waals surface area contributed by atoms with E-state index >= 15 is 0 Å². The van der Waals surface area contributed by atoms with Crippen LogP contribution in [0.25, 0.3) is 0 Å². The molecule has 5 heteroatoms. The Kier molecular flexibility index (Phi) is 4.19. The van der Waals surface area contributed by atoms with E-state index in [2.05, 4.69) is 10.6 Å². The van der Waals surface area contributed by atoms with Crippen LogP contribution in [0.15, 0.2) is 18.2 Å². The maximum absolute atomic E-state index is 13.0. The summed E-state index contributed by atoms with van der Waals surface area (Å²) in [7, 11) is 0. The van der Waals surface area contributed by atoms with Crippen LogP contribution < -0.4 is 10.6 Å². The van der Waals surface area contributed by atoms with E-state index in [1.165, 1.54) is 6.07 Å². The van der Waals surface area contributed by atoms with Crippen LogP contribution in [0.1, 0.15) is 31.4 Å². The summed E-state index contributed by atoms with van der Waals surface area (Å²) in [6.45, 7) is 2.74. The normalized spacial score (nSPS) is 20.7. The maximum Gasteiger partial charge on any atom is 0.237 e. The average Bonchev–Trinajstić information content (AvgIpc) is 2.86. The largest absolute Gasteiger partial charge is 0.348 e. The van der Waals surface area contributed by atoms with Crippen molar-refractivity contribution in [2.75, 3.05) is 6.54 Å². The van der Waals surface area contributed by atoms with E-state index in [0.29, 0.717) is 0 Å². The van der Waals surface area contributed by atoms with Gasteiger partial charge in [0.15, 0.2) is 0 Å². The van der Waals surface area contributed by atoms with Crippen LogP contribution in [-0.4, -0.2) is 18.5 Å². The molecule has 98 valence electrons. The highest BCUT2D eigenvalue weighted by Crippen LogP contribution is 2.21. The van der Waals surface area contributed by atoms with Crippen LogP contribution in [-0.2, 0) is 4.79 Å². The predicted octanol–water partition coefficient (Wildman–Crippen LogP) is 2.41. The van der Waals surface area contributed by atoms with Crippen LogP contribution >= 0.6 is 11.6 Å². The Morgan fingerprint density at radius 2 is 2.39 bits per heavy atom. The zero-order chi connectivity index (χ0) is 13.1. The van der Waals surface area contributed by atoms with Gasteiger partial charge in [0.05, 0.1) is 17.1 Å². The van der Waals surface area contributed by atoms with Gasteiger partial charge in [-0.25, -0.2) is 4.39 Å². The molecule has 0 radical (unpaired) electrons. The van der Waals surface area contributed by atoms with Crippen molar-refractivity contribution in [3.63, 3.8) is 0 Å². The van der Waals surface area contributed by atoms with Gasteiger partial charge in [0.1, 0.15) is 5.82 Å². The molecule has 0 spiro atoms. The minimum Gasteiger partial charge on any atom is -0.348 e. The summed E-state index contributed by atoms with van der Waals surface area (Å²) in [6, 6.07) is 4.20. The number of halogens is 2. The summed E-state index contributed by atoms with van der Waals surface area (Å²) in [4.78, 5) is 11.9. The zero-order valence-electron chi connectivity index (χ0n) is 10.2. The summed E-state index contributed by atoms with van der Waals surface area (Å²) in [6.07, 6.45) is 1.89. The molecule has 0 aromatic heterocycles. The van der Waals surface area contributed by atoms with E-state index in [4.69, 9.17) is 11.6 Å². The molecule has 1 aromatic carbocycles. The fourth-order valence-corrected chi connectivity index (χ4v) is 2.28. The molecule has 1 amide bonds. The Morgan fingerprint density at radius 1 is 1.61 bits per heavy atom. The standard InChI is InChI=1S/C13H16ClFN2O/c1-8(9-4-5-11(15)10(14)7-9)17-13(18)12-3-2-6-16-12/h4-5,7-8,12,16H,2-3,6H2,1H3,(H,17,18). The lowest BCUT2D eigenvalue weighted by Gasteiger charge is -2.17. The summed E-state index contributed by atoms with van der Waals surface area (Å²) in [5.74, 6) is -0.461. The van der Waals surface area contributed by atoms with E-state index in [9.17, 15) is 9.18 Å². The summed E-state index contributed by atoms with van der Waals surface area (Å²) in [5, 5.41) is 6.11. The van der Waals surface area contributed by atoms with Gasteiger partial charge in [-0.15, -0.1) is 0 Å². The third-order valence-corrected chi connectivity index (χ3v) is 3.47. The maximum atomic E-state index is 13.0. The first-order valence-electron chi connectivity index (χ1n) is 6.06. The Balaban J connectivity index is 2.00. The molecule has 1 aromatic rings. The van der Waals surface area contributed by atoms with Crippen molar-refractivity contribution in [2.24, 2.45) is 0 Å². The fraction of sp³-hybridized carbons (Fsp3) is 0.462. The number of nitrogens with one attached hydrogen (secondary N) is 2. The molecule has 1 aliphatic rings. The van der Waals surface area contributed by atoms with Gasteiger partial charge in [-0.1, -0.05) is 17.7 Å². The SMILES string of the molecule is CC(NC(=O)C1CCCN1)c1ccc(F)c(Cl)c1. The Hall–Kier alpha value is -1.13. The van der Waals surface area contributed by atoms with E-state index in [0.717, 1.165) is 24.9 Å². The molecule has 1 saturated heterocycles. The second-order valence-corrected chi connectivity index (χ2v) is 4.96. The molecule has 1 heterocycles. The topological polar surface area (TPSA) is 41.1 Å². The zero-order valence-corrected chi connectivity index (χ0v) is 10.9. The van der Waals surface area contributed by atoms with Crippen molar-refractivity contribution in [3.8, 4) is 0 Å². The Labute approximate surface area is 111 Å². The highest BCUT2D eigenvalue weighted by Gasteiger charge is 2.23. The monoisotopic (exact) mass is 270 g/mol. The number of hydrogen-bond acceptors (Lipinski definition) is 2. The minimum absolute atomic E-state index is 0.0135. The van der Waals surface area contributed by atoms with Crippen LogP contribution in [0, 0.1) is 5.82 Å². The molecule has 1 fully saturated rings. The molecular formula is C13H16ClFN2O. The average molecular weight is 271 g/mol. The lowest BCUT2D eigenvalue weighted by molar-refractivity contribution is -0.123. The van der Waals surface area contributed by atoms with Crippen molar-refractivity contribution >= 4 is 17.5 Å². The third kappa shape index (κ3) is 3.00. The van der Waals surface area contributed by atoms with Gasteiger partial charge in [0.25, 0.3) is 0 Å². The van der Waals surface area contributed by atoms with E-state index in [-0.39, 0.29) is 23.0 Å². The number of carbonyl (C=O) groups is 1. The minimum atomic E-state index is -0.448. The third-order valence-electron chi connectivity index (χ3n) is 3.18. The van der Waals surface area contributed by atoms with Gasteiger partial charge in [-0.2, -0.15) is 0 Å². The lowest BCUT2D eigenvalue weighted by atomic mass is 10.1. The van der Waals surface area contributed by atoms with Crippen LogP contribution in [0.4, 0.5) is 4.39 Å². The predicted molar refractivity (Wildman–Crippen MR) is 69.0 cm³/mol. The van der Waals surface area contributed by atoms with Crippen LogP contribution in [0.2, 0.25) is 5.02 Å². The molecule has 3 nitrogen and oxygen atoms in total. The summed E-state index contributed by atoms with van der Waals surface area (Å²) >= 11 is 5.72. The molecule has 2 unspecified atom stereocenters. The highest BCUT2D eigenvalue weighted by atomic mass is 35.5. The highest BCUT2D eigenvalue weighted by molar-refractivity contribution is 6.30. The van der Waals surface area contributed by atoms with Gasteiger partial charge in [-0.05, 0) is 44.0 Å². The molecule has 2 atom stereocenters. The van der Waals surface area contributed by atoms with Gasteiger partial charge in [0.2, 0.25) is 5.91 Å². The number of hydrogen-bond donors (Lipinski definition) is 2. The first-order valence-corrected chi connectivity index (χ1v) is 6.44. The second kappa shape index (κ2) is 5.67. The Bertz CT molecular complexity index is 447. The molecule has 1 aliphatic heterocycles. The second-order valence-electron chi connectivity index (χ2n) is 4.55. The molecule has 0 saturated carbocycles. The summed E-state index contributed by atoms with van der Waals surface area (Å²) < 4.78 is 13.0. The van der Waals surface area contributed by atoms with Crippen LogP contribution in [0.3, 0.4) is 0 Å². The molecule has 2 rings (SSSR count). The molecule has 18 heavy (non-hydrogen) atoms. The van der Waals surface area contributed by atoms with Gasteiger partial charge < -0.3 is 10.6 Å². The Morgan fingerprint density at radius 3 is 3.00 bits per heavy atom. The number of carbonyl (C=O) groups excluding carboxylic acids is 1. The smallest absolute Gasteiger partial charge is 0.237 e. The quantitative estimate of drug-likeness (QED) is 0.886. The lowest BCUT2D eigenvalue weighted by Crippen LogP contribution is -2.41. The van der Waals surface area contributed by atoms with E-state index in [1.807, 2.05) is 6.92 Å². The van der Waals surface area contributed by atoms with Crippen molar-refractivity contribution in [1.29, 1.82) is 0 Å². The van der Waals surface area contributed by atoms with Gasteiger partial charge >= 0.3 is 0 Å². The summed E-state index contributed by atoms with van der Waals surface area (Å²) in [5.41, 5.74) is 0.799. The van der Waals surface area contributed by atoms with Crippen molar-refractivity contribution in [2.45, 2.75) is 31.8 Å². The fourth-order valence-electron chi connectivity index (χ4n) is 2.09. The first-order chi connectivity index (χ1) is 8.58. The van der Waals surface area contributed by atoms with Crippen molar-refractivity contribution in [1.82, 2.24) is 10.6 Å². The van der Waals surface area contributed by atoms with Gasteiger partial charge in [-0.3, -0.25) is 4.79 Å². The first kappa shape index (κ1) is 13.3. The van der Waals surface area contributed by atoms with Crippen LogP contribution in [0.5, 0.6) is 0 Å². The van der Waals surface area contributed by atoms with E-state index < -0.39 is 5.82 Å². The number of rotatable bonds is 3. The molecule has 0 bridgehead atoms. The van der Waals surface area contributed by atoms with Crippen molar-refractivity contribution < 1.29 is 9.18 Å². The molecular weight excluding hydrogens is 255 g/mol. The number of amides is 1. The van der Waals surface area contributed by atoms with E-state index in [1.54, 1.807) is 12.1 Å².